The van der Waals surface area contributed by atoms with E-state index in [9.17, 15) is 9.18 Å². The molecule has 1 aliphatic heterocycles. The molecule has 1 aliphatic rings. The average Bonchev–Trinajstić information content (AvgIpc) is 2.38. The quantitative estimate of drug-likeness (QED) is 0.903. The lowest BCUT2D eigenvalue weighted by atomic mass is 9.87. The highest BCUT2D eigenvalue weighted by Crippen LogP contribution is 2.22. The maximum Gasteiger partial charge on any atom is 0.239 e. The number of likely N-dealkylation sites (N-methyl/N-ethyl adjacent to an activating group) is 1. The van der Waals surface area contributed by atoms with Gasteiger partial charge in [0.15, 0.2) is 0 Å². The fourth-order valence-corrected chi connectivity index (χ4v) is 2.68. The van der Waals surface area contributed by atoms with Gasteiger partial charge >= 0.3 is 0 Å². The smallest absolute Gasteiger partial charge is 0.239 e. The third-order valence-electron chi connectivity index (χ3n) is 3.66. The lowest BCUT2D eigenvalue weighted by Crippen LogP contribution is -2.48. The van der Waals surface area contributed by atoms with Gasteiger partial charge in [-0.3, -0.25) is 4.79 Å². The minimum atomic E-state index is -0.188. The van der Waals surface area contributed by atoms with Gasteiger partial charge in [0.2, 0.25) is 5.91 Å². The summed E-state index contributed by atoms with van der Waals surface area (Å²) >= 11 is 0. The van der Waals surface area contributed by atoms with Crippen LogP contribution in [0.4, 0.5) is 4.39 Å². The molecule has 0 bridgehead atoms. The van der Waals surface area contributed by atoms with Crippen molar-refractivity contribution in [3.8, 4) is 0 Å². The molecule has 2 rings (SSSR count). The van der Waals surface area contributed by atoms with E-state index < -0.39 is 0 Å². The molecule has 1 aromatic carbocycles. The standard InChI is InChI=1S/C15H21FN2O/c1-18(2)15(19)14-10-12(6-7-17-14)8-11-4-3-5-13(16)9-11/h3-5,9,12,14,17H,6-8,10H2,1-2H3. The van der Waals surface area contributed by atoms with E-state index in [2.05, 4.69) is 5.32 Å². The lowest BCUT2D eigenvalue weighted by Gasteiger charge is -2.31. The summed E-state index contributed by atoms with van der Waals surface area (Å²) in [5.41, 5.74) is 1.02. The van der Waals surface area contributed by atoms with Crippen LogP contribution in [0.3, 0.4) is 0 Å². The number of nitrogens with zero attached hydrogens (tertiary/aromatic N) is 1. The molecule has 2 unspecified atom stereocenters. The molecule has 1 amide bonds. The molecule has 0 aromatic heterocycles. The molecule has 19 heavy (non-hydrogen) atoms. The van der Waals surface area contributed by atoms with Gasteiger partial charge in [-0.25, -0.2) is 4.39 Å². The van der Waals surface area contributed by atoms with Gasteiger partial charge in [-0.1, -0.05) is 12.1 Å². The van der Waals surface area contributed by atoms with Gasteiger partial charge in [0.05, 0.1) is 6.04 Å². The van der Waals surface area contributed by atoms with E-state index in [1.54, 1.807) is 31.1 Å². The summed E-state index contributed by atoms with van der Waals surface area (Å²) in [6.45, 7) is 0.851. The zero-order valence-electron chi connectivity index (χ0n) is 11.5. The molecule has 0 aliphatic carbocycles. The Morgan fingerprint density at radius 2 is 2.26 bits per heavy atom. The van der Waals surface area contributed by atoms with Crippen molar-refractivity contribution >= 4 is 5.91 Å². The molecule has 1 fully saturated rings. The van der Waals surface area contributed by atoms with Crippen LogP contribution in [0.25, 0.3) is 0 Å². The second-order valence-electron chi connectivity index (χ2n) is 5.46. The maximum absolute atomic E-state index is 13.2. The minimum Gasteiger partial charge on any atom is -0.347 e. The summed E-state index contributed by atoms with van der Waals surface area (Å²) in [5, 5.41) is 3.26. The second-order valence-corrected chi connectivity index (χ2v) is 5.46. The first-order valence-corrected chi connectivity index (χ1v) is 6.75. The topological polar surface area (TPSA) is 32.3 Å². The number of amides is 1. The predicted octanol–water partition coefficient (Wildman–Crippen LogP) is 1.82. The van der Waals surface area contributed by atoms with Crippen LogP contribution in [0, 0.1) is 11.7 Å². The van der Waals surface area contributed by atoms with Crippen LogP contribution >= 0.6 is 0 Å². The summed E-state index contributed by atoms with van der Waals surface area (Å²) in [4.78, 5) is 13.6. The van der Waals surface area contributed by atoms with Crippen molar-refractivity contribution in [2.75, 3.05) is 20.6 Å². The van der Waals surface area contributed by atoms with Crippen LogP contribution < -0.4 is 5.32 Å². The Morgan fingerprint density at radius 1 is 1.47 bits per heavy atom. The van der Waals surface area contributed by atoms with E-state index in [1.807, 2.05) is 6.07 Å². The average molecular weight is 264 g/mol. The zero-order chi connectivity index (χ0) is 13.8. The third kappa shape index (κ3) is 3.77. The van der Waals surface area contributed by atoms with E-state index in [0.717, 1.165) is 31.4 Å². The van der Waals surface area contributed by atoms with Crippen molar-refractivity contribution in [3.63, 3.8) is 0 Å². The van der Waals surface area contributed by atoms with Crippen LogP contribution in [0.15, 0.2) is 24.3 Å². The molecule has 4 heteroatoms. The van der Waals surface area contributed by atoms with Crippen molar-refractivity contribution in [3.05, 3.63) is 35.6 Å². The summed E-state index contributed by atoms with van der Waals surface area (Å²) in [7, 11) is 3.56. The maximum atomic E-state index is 13.2. The van der Waals surface area contributed by atoms with Gasteiger partial charge in [0.25, 0.3) is 0 Å². The van der Waals surface area contributed by atoms with Crippen LogP contribution in [-0.2, 0) is 11.2 Å². The van der Waals surface area contributed by atoms with Crippen LogP contribution in [-0.4, -0.2) is 37.5 Å². The number of piperidine rings is 1. The van der Waals surface area contributed by atoms with Crippen LogP contribution in [0.2, 0.25) is 0 Å². The van der Waals surface area contributed by atoms with Gasteiger partial charge in [-0.2, -0.15) is 0 Å². The molecule has 1 heterocycles. The Kier molecular flexibility index (Phi) is 4.53. The SMILES string of the molecule is CN(C)C(=O)C1CC(Cc2cccc(F)c2)CCN1. The van der Waals surface area contributed by atoms with E-state index in [1.165, 1.54) is 6.07 Å². The van der Waals surface area contributed by atoms with E-state index in [0.29, 0.717) is 5.92 Å². The molecule has 0 saturated carbocycles. The highest BCUT2D eigenvalue weighted by atomic mass is 19.1. The molecule has 3 nitrogen and oxygen atoms in total. The normalized spacial score (nSPS) is 23.1. The molecule has 2 atom stereocenters. The Balaban J connectivity index is 1.96. The molecule has 0 spiro atoms. The van der Waals surface area contributed by atoms with Gasteiger partial charge in [0.1, 0.15) is 5.82 Å². The molecular formula is C15H21FN2O. The molecule has 1 aromatic rings. The lowest BCUT2D eigenvalue weighted by molar-refractivity contribution is -0.131. The predicted molar refractivity (Wildman–Crippen MR) is 73.3 cm³/mol. The number of halogens is 1. The number of nitrogens with one attached hydrogen (secondary N) is 1. The monoisotopic (exact) mass is 264 g/mol. The van der Waals surface area contributed by atoms with Crippen molar-refractivity contribution in [1.82, 2.24) is 10.2 Å². The first-order chi connectivity index (χ1) is 9.06. The number of rotatable bonds is 3. The van der Waals surface area contributed by atoms with E-state index in [4.69, 9.17) is 0 Å². The fraction of sp³-hybridized carbons (Fsp3) is 0.533. The van der Waals surface area contributed by atoms with Crippen LogP contribution in [0.1, 0.15) is 18.4 Å². The van der Waals surface area contributed by atoms with Crippen molar-refractivity contribution in [2.45, 2.75) is 25.3 Å². The molecular weight excluding hydrogens is 243 g/mol. The van der Waals surface area contributed by atoms with Gasteiger partial charge < -0.3 is 10.2 Å². The van der Waals surface area contributed by atoms with Crippen molar-refractivity contribution < 1.29 is 9.18 Å². The summed E-state index contributed by atoms with van der Waals surface area (Å²) in [6, 6.07) is 6.65. The van der Waals surface area contributed by atoms with E-state index in [-0.39, 0.29) is 17.8 Å². The van der Waals surface area contributed by atoms with Gasteiger partial charge in [-0.15, -0.1) is 0 Å². The van der Waals surface area contributed by atoms with Gasteiger partial charge in [-0.05, 0) is 49.4 Å². The highest BCUT2D eigenvalue weighted by Gasteiger charge is 2.27. The summed E-state index contributed by atoms with van der Waals surface area (Å²) in [6.07, 6.45) is 2.71. The zero-order valence-corrected chi connectivity index (χ0v) is 11.5. The van der Waals surface area contributed by atoms with Crippen molar-refractivity contribution in [1.29, 1.82) is 0 Å². The fourth-order valence-electron chi connectivity index (χ4n) is 2.68. The Morgan fingerprint density at radius 3 is 2.95 bits per heavy atom. The Bertz CT molecular complexity index is 448. The molecule has 104 valence electrons. The largest absolute Gasteiger partial charge is 0.347 e. The number of carbonyl (C=O) groups excluding carboxylic acids is 1. The Labute approximate surface area is 113 Å². The number of benzene rings is 1. The number of hydrogen-bond acceptors (Lipinski definition) is 2. The summed E-state index contributed by atoms with van der Waals surface area (Å²) in [5.74, 6) is 0.383. The molecule has 0 radical (unpaired) electrons. The van der Waals surface area contributed by atoms with Gasteiger partial charge in [0, 0.05) is 14.1 Å². The number of hydrogen-bond donors (Lipinski definition) is 1. The first-order valence-electron chi connectivity index (χ1n) is 6.75. The minimum absolute atomic E-state index is 0.0951. The highest BCUT2D eigenvalue weighted by molar-refractivity contribution is 5.81. The third-order valence-corrected chi connectivity index (χ3v) is 3.66. The Hall–Kier alpha value is -1.42. The number of carbonyl (C=O) groups is 1. The molecule has 1 saturated heterocycles. The first kappa shape index (κ1) is 14.0. The second kappa shape index (κ2) is 6.15. The summed E-state index contributed by atoms with van der Waals surface area (Å²) < 4.78 is 13.2. The molecule has 1 N–H and O–H groups in total. The van der Waals surface area contributed by atoms with E-state index >= 15 is 0 Å². The van der Waals surface area contributed by atoms with Crippen LogP contribution in [0.5, 0.6) is 0 Å². The van der Waals surface area contributed by atoms with Crippen molar-refractivity contribution in [2.24, 2.45) is 5.92 Å².